The number of hydrogen-bond donors (Lipinski definition) is 0. The molecule has 0 amide bonds. The minimum absolute atomic E-state index is 0.0296. The Hall–Kier alpha value is -1.80. The lowest BCUT2D eigenvalue weighted by Gasteiger charge is -2.07. The second-order valence-electron chi connectivity index (χ2n) is 3.92. The van der Waals surface area contributed by atoms with E-state index in [4.69, 9.17) is 16.3 Å². The number of ketones is 1. The Labute approximate surface area is 111 Å². The van der Waals surface area contributed by atoms with Gasteiger partial charge >= 0.3 is 0 Å². The van der Waals surface area contributed by atoms with Crippen LogP contribution in [0.4, 0.5) is 0 Å². The molecule has 18 heavy (non-hydrogen) atoms. The first-order chi connectivity index (χ1) is 8.70. The number of benzene rings is 2. The third kappa shape index (κ3) is 2.90. The highest BCUT2D eigenvalue weighted by Crippen LogP contribution is 2.20. The third-order valence-corrected chi connectivity index (χ3v) is 2.93. The van der Waals surface area contributed by atoms with Gasteiger partial charge in [-0.3, -0.25) is 4.79 Å². The molecule has 0 radical (unpaired) electrons. The first-order valence-electron chi connectivity index (χ1n) is 5.61. The second-order valence-corrected chi connectivity index (χ2v) is 4.36. The third-order valence-electron chi connectivity index (χ3n) is 2.69. The molecule has 3 heteroatoms. The summed E-state index contributed by atoms with van der Waals surface area (Å²) in [6, 6.07) is 14.5. The molecule has 0 spiro atoms. The number of methoxy groups -OCH3 is 1. The lowest BCUT2D eigenvalue weighted by Crippen LogP contribution is -2.04. The van der Waals surface area contributed by atoms with E-state index in [0.29, 0.717) is 17.0 Å². The number of carbonyl (C=O) groups excluding carboxylic acids is 1. The van der Waals surface area contributed by atoms with E-state index in [-0.39, 0.29) is 5.78 Å². The van der Waals surface area contributed by atoms with Crippen molar-refractivity contribution in [3.63, 3.8) is 0 Å². The van der Waals surface area contributed by atoms with Crippen LogP contribution in [0.3, 0.4) is 0 Å². The fraction of sp³-hybridized carbons (Fsp3) is 0.133. The molecular formula is C15H13ClO2. The van der Waals surface area contributed by atoms with Crippen LogP contribution >= 0.6 is 11.6 Å². The second kappa shape index (κ2) is 5.69. The van der Waals surface area contributed by atoms with Crippen LogP contribution in [0, 0.1) is 0 Å². The lowest BCUT2D eigenvalue weighted by molar-refractivity contribution is 0.0992. The number of hydrogen-bond acceptors (Lipinski definition) is 2. The van der Waals surface area contributed by atoms with Crippen molar-refractivity contribution in [2.75, 3.05) is 7.11 Å². The van der Waals surface area contributed by atoms with Gasteiger partial charge in [0.2, 0.25) is 0 Å². The lowest BCUT2D eigenvalue weighted by atomic mass is 10.0. The number of rotatable bonds is 4. The molecule has 0 heterocycles. The van der Waals surface area contributed by atoms with Gasteiger partial charge in [-0.1, -0.05) is 41.9 Å². The van der Waals surface area contributed by atoms with Crippen molar-refractivity contribution in [1.29, 1.82) is 0 Å². The normalized spacial score (nSPS) is 10.1. The molecule has 0 unspecified atom stereocenters. The molecule has 0 saturated carbocycles. The molecule has 0 saturated heterocycles. The summed E-state index contributed by atoms with van der Waals surface area (Å²) in [6.07, 6.45) is 0.310. The standard InChI is InChI=1S/C15H13ClO2/c1-18-15-8-3-2-5-12(15)10-14(17)11-6-4-7-13(16)9-11/h2-9H,10H2,1H3. The van der Waals surface area contributed by atoms with Crippen LogP contribution in [0.1, 0.15) is 15.9 Å². The van der Waals surface area contributed by atoms with Gasteiger partial charge in [0, 0.05) is 22.6 Å². The highest BCUT2D eigenvalue weighted by Gasteiger charge is 2.10. The van der Waals surface area contributed by atoms with Crippen molar-refractivity contribution >= 4 is 17.4 Å². The van der Waals surface area contributed by atoms with Crippen LogP contribution in [0.15, 0.2) is 48.5 Å². The Kier molecular flexibility index (Phi) is 4.00. The molecule has 0 aliphatic rings. The summed E-state index contributed by atoms with van der Waals surface area (Å²) in [4.78, 5) is 12.1. The van der Waals surface area contributed by atoms with Gasteiger partial charge in [-0.2, -0.15) is 0 Å². The van der Waals surface area contributed by atoms with Gasteiger partial charge in [0.25, 0.3) is 0 Å². The van der Waals surface area contributed by atoms with Gasteiger partial charge in [-0.05, 0) is 18.2 Å². The molecule has 0 atom stereocenters. The van der Waals surface area contributed by atoms with Crippen LogP contribution in [-0.4, -0.2) is 12.9 Å². The smallest absolute Gasteiger partial charge is 0.167 e. The average molecular weight is 261 g/mol. The quantitative estimate of drug-likeness (QED) is 0.782. The van der Waals surface area contributed by atoms with Gasteiger partial charge < -0.3 is 4.74 Å². The Morgan fingerprint density at radius 3 is 2.67 bits per heavy atom. The maximum atomic E-state index is 12.1. The van der Waals surface area contributed by atoms with Gasteiger partial charge in [-0.25, -0.2) is 0 Å². The molecule has 0 aliphatic carbocycles. The zero-order valence-electron chi connectivity index (χ0n) is 10.0. The summed E-state index contributed by atoms with van der Waals surface area (Å²) in [7, 11) is 1.60. The molecule has 0 aliphatic heterocycles. The predicted octanol–water partition coefficient (Wildman–Crippen LogP) is 3.77. The monoisotopic (exact) mass is 260 g/mol. The topological polar surface area (TPSA) is 26.3 Å². The molecule has 2 aromatic carbocycles. The van der Waals surface area contributed by atoms with E-state index in [1.165, 1.54) is 0 Å². The number of ether oxygens (including phenoxy) is 1. The van der Waals surface area contributed by atoms with E-state index < -0.39 is 0 Å². The zero-order chi connectivity index (χ0) is 13.0. The number of carbonyl (C=O) groups is 1. The molecule has 0 fully saturated rings. The molecule has 2 rings (SSSR count). The van der Waals surface area contributed by atoms with Crippen LogP contribution in [0.25, 0.3) is 0 Å². The van der Waals surface area contributed by atoms with Gasteiger partial charge in [0.1, 0.15) is 5.75 Å². The number of Topliss-reactive ketones (excluding diaryl/α,β-unsaturated/α-hetero) is 1. The first-order valence-corrected chi connectivity index (χ1v) is 5.99. The van der Waals surface area contributed by atoms with Crippen LogP contribution in [-0.2, 0) is 6.42 Å². The maximum absolute atomic E-state index is 12.1. The van der Waals surface area contributed by atoms with Crippen molar-refractivity contribution in [1.82, 2.24) is 0 Å². The molecular weight excluding hydrogens is 248 g/mol. The summed E-state index contributed by atoms with van der Waals surface area (Å²) >= 11 is 5.87. The highest BCUT2D eigenvalue weighted by atomic mass is 35.5. The fourth-order valence-electron chi connectivity index (χ4n) is 1.79. The largest absolute Gasteiger partial charge is 0.496 e. The Balaban J connectivity index is 2.21. The molecule has 92 valence electrons. The van der Waals surface area contributed by atoms with E-state index in [2.05, 4.69) is 0 Å². The zero-order valence-corrected chi connectivity index (χ0v) is 10.8. The Morgan fingerprint density at radius 1 is 1.17 bits per heavy atom. The SMILES string of the molecule is COc1ccccc1CC(=O)c1cccc(Cl)c1. The summed E-state index contributed by atoms with van der Waals surface area (Å²) in [6.45, 7) is 0. The van der Waals surface area contributed by atoms with E-state index in [1.807, 2.05) is 24.3 Å². The minimum Gasteiger partial charge on any atom is -0.496 e. The van der Waals surface area contributed by atoms with E-state index in [9.17, 15) is 4.79 Å². The Morgan fingerprint density at radius 2 is 1.94 bits per heavy atom. The molecule has 0 bridgehead atoms. The van der Waals surface area contributed by atoms with Crippen molar-refractivity contribution < 1.29 is 9.53 Å². The molecule has 0 N–H and O–H groups in total. The van der Waals surface area contributed by atoms with E-state index in [1.54, 1.807) is 31.4 Å². The van der Waals surface area contributed by atoms with Gasteiger partial charge in [-0.15, -0.1) is 0 Å². The van der Waals surface area contributed by atoms with Crippen molar-refractivity contribution in [3.05, 3.63) is 64.7 Å². The van der Waals surface area contributed by atoms with Gasteiger partial charge in [0.15, 0.2) is 5.78 Å². The molecule has 0 aromatic heterocycles. The summed E-state index contributed by atoms with van der Waals surface area (Å²) in [5, 5.41) is 0.570. The van der Waals surface area contributed by atoms with E-state index in [0.717, 1.165) is 11.3 Å². The average Bonchev–Trinajstić information content (AvgIpc) is 2.39. The van der Waals surface area contributed by atoms with Crippen molar-refractivity contribution in [2.24, 2.45) is 0 Å². The van der Waals surface area contributed by atoms with Gasteiger partial charge in [0.05, 0.1) is 7.11 Å². The summed E-state index contributed by atoms with van der Waals surface area (Å²) in [5.41, 5.74) is 1.50. The van der Waals surface area contributed by atoms with Crippen molar-refractivity contribution in [3.8, 4) is 5.75 Å². The minimum atomic E-state index is 0.0296. The first kappa shape index (κ1) is 12.7. The van der Waals surface area contributed by atoms with Crippen LogP contribution in [0.5, 0.6) is 5.75 Å². The molecule has 2 nitrogen and oxygen atoms in total. The fourth-order valence-corrected chi connectivity index (χ4v) is 1.98. The maximum Gasteiger partial charge on any atom is 0.167 e. The Bertz CT molecular complexity index is 564. The molecule has 2 aromatic rings. The van der Waals surface area contributed by atoms with Crippen molar-refractivity contribution in [2.45, 2.75) is 6.42 Å². The predicted molar refractivity (Wildman–Crippen MR) is 72.5 cm³/mol. The highest BCUT2D eigenvalue weighted by molar-refractivity contribution is 6.31. The van der Waals surface area contributed by atoms with E-state index >= 15 is 0 Å². The number of para-hydroxylation sites is 1. The van der Waals surface area contributed by atoms with Crippen LogP contribution < -0.4 is 4.74 Å². The summed E-state index contributed by atoms with van der Waals surface area (Å²) < 4.78 is 5.23. The summed E-state index contributed by atoms with van der Waals surface area (Å²) in [5.74, 6) is 0.759. The number of halogens is 1. The van der Waals surface area contributed by atoms with Crippen LogP contribution in [0.2, 0.25) is 5.02 Å².